The molecular formula is C12H22N2. The van der Waals surface area contributed by atoms with Crippen molar-refractivity contribution in [3.63, 3.8) is 0 Å². The van der Waals surface area contributed by atoms with E-state index in [-0.39, 0.29) is 0 Å². The average molecular weight is 194 g/mol. The first-order valence-corrected chi connectivity index (χ1v) is 6.38. The van der Waals surface area contributed by atoms with Crippen molar-refractivity contribution < 1.29 is 0 Å². The second-order valence-corrected chi connectivity index (χ2v) is 5.38. The molecule has 1 saturated heterocycles. The Labute approximate surface area is 87.0 Å². The molecule has 1 heterocycles. The summed E-state index contributed by atoms with van der Waals surface area (Å²) in [6, 6.07) is 0.966. The number of fused-ring (bicyclic) bond motifs is 2. The van der Waals surface area contributed by atoms with Crippen molar-refractivity contribution >= 4 is 0 Å². The van der Waals surface area contributed by atoms with E-state index < -0.39 is 0 Å². The third kappa shape index (κ3) is 1.59. The molecule has 0 aromatic heterocycles. The van der Waals surface area contributed by atoms with Gasteiger partial charge in [0.25, 0.3) is 0 Å². The molecule has 0 aromatic rings. The number of rotatable bonds is 1. The van der Waals surface area contributed by atoms with Crippen molar-refractivity contribution in [3.8, 4) is 0 Å². The van der Waals surface area contributed by atoms with Gasteiger partial charge < -0.3 is 5.32 Å². The molecule has 0 spiro atoms. The molecule has 0 radical (unpaired) electrons. The van der Waals surface area contributed by atoms with E-state index in [0.29, 0.717) is 0 Å². The SMILES string of the molecule is C1CNCCN(C2CC3CCC2C3)C1. The van der Waals surface area contributed by atoms with Crippen LogP contribution in [0.4, 0.5) is 0 Å². The first-order valence-electron chi connectivity index (χ1n) is 6.38. The molecule has 2 aliphatic carbocycles. The van der Waals surface area contributed by atoms with Crippen LogP contribution in [0.2, 0.25) is 0 Å². The van der Waals surface area contributed by atoms with Crippen LogP contribution in [-0.2, 0) is 0 Å². The lowest BCUT2D eigenvalue weighted by Crippen LogP contribution is -2.41. The smallest absolute Gasteiger partial charge is 0.0127 e. The molecule has 2 heteroatoms. The van der Waals surface area contributed by atoms with E-state index in [2.05, 4.69) is 10.2 Å². The van der Waals surface area contributed by atoms with Crippen molar-refractivity contribution in [3.05, 3.63) is 0 Å². The van der Waals surface area contributed by atoms with Crippen molar-refractivity contribution in [2.75, 3.05) is 26.2 Å². The lowest BCUT2D eigenvalue weighted by molar-refractivity contribution is 0.151. The molecule has 1 N–H and O–H groups in total. The molecule has 3 aliphatic rings. The maximum Gasteiger partial charge on any atom is 0.0127 e. The summed E-state index contributed by atoms with van der Waals surface area (Å²) in [5.74, 6) is 2.17. The van der Waals surface area contributed by atoms with Crippen LogP contribution in [0, 0.1) is 11.8 Å². The molecule has 2 saturated carbocycles. The van der Waals surface area contributed by atoms with Crippen LogP contribution in [0.25, 0.3) is 0 Å². The lowest BCUT2D eigenvalue weighted by atomic mass is 9.94. The molecule has 0 amide bonds. The zero-order valence-corrected chi connectivity index (χ0v) is 9.04. The predicted molar refractivity (Wildman–Crippen MR) is 58.3 cm³/mol. The maximum atomic E-state index is 3.50. The second kappa shape index (κ2) is 3.82. The van der Waals surface area contributed by atoms with Crippen LogP contribution in [0.1, 0.15) is 32.1 Å². The monoisotopic (exact) mass is 194 g/mol. The minimum atomic E-state index is 0.966. The second-order valence-electron chi connectivity index (χ2n) is 5.38. The van der Waals surface area contributed by atoms with Crippen molar-refractivity contribution in [2.24, 2.45) is 11.8 Å². The molecule has 1 aliphatic heterocycles. The highest BCUT2D eigenvalue weighted by atomic mass is 15.2. The number of hydrogen-bond acceptors (Lipinski definition) is 2. The zero-order chi connectivity index (χ0) is 9.38. The summed E-state index contributed by atoms with van der Waals surface area (Å²) < 4.78 is 0. The Hall–Kier alpha value is -0.0800. The van der Waals surface area contributed by atoms with Crippen LogP contribution in [-0.4, -0.2) is 37.1 Å². The normalized spacial score (nSPS) is 44.1. The summed E-state index contributed by atoms with van der Waals surface area (Å²) in [6.45, 7) is 5.10. The van der Waals surface area contributed by atoms with E-state index >= 15 is 0 Å². The van der Waals surface area contributed by atoms with Gasteiger partial charge in [-0.15, -0.1) is 0 Å². The van der Waals surface area contributed by atoms with Gasteiger partial charge in [0.2, 0.25) is 0 Å². The number of nitrogens with zero attached hydrogens (tertiary/aromatic N) is 1. The standard InChI is InChI=1S/C12H22N2/c1-4-13-5-7-14(6-1)12-9-10-2-3-11(12)8-10/h10-13H,1-9H2. The van der Waals surface area contributed by atoms with Gasteiger partial charge in [-0.2, -0.15) is 0 Å². The Bertz CT molecular complexity index is 196. The molecule has 2 nitrogen and oxygen atoms in total. The first kappa shape index (κ1) is 9.17. The van der Waals surface area contributed by atoms with Crippen molar-refractivity contribution in [1.29, 1.82) is 0 Å². The molecule has 3 fully saturated rings. The van der Waals surface area contributed by atoms with Gasteiger partial charge in [0.1, 0.15) is 0 Å². The lowest BCUT2D eigenvalue weighted by Gasteiger charge is -2.33. The van der Waals surface area contributed by atoms with Crippen LogP contribution in [0.3, 0.4) is 0 Å². The van der Waals surface area contributed by atoms with Crippen molar-refractivity contribution in [1.82, 2.24) is 10.2 Å². The first-order chi connectivity index (χ1) is 6.93. The molecule has 14 heavy (non-hydrogen) atoms. The van der Waals surface area contributed by atoms with E-state index in [1.807, 2.05) is 0 Å². The molecular weight excluding hydrogens is 172 g/mol. The summed E-state index contributed by atoms with van der Waals surface area (Å²) in [6.07, 6.45) is 7.49. The van der Waals surface area contributed by atoms with E-state index in [1.165, 1.54) is 51.9 Å². The van der Waals surface area contributed by atoms with Gasteiger partial charge in [-0.05, 0) is 50.6 Å². The highest BCUT2D eigenvalue weighted by Crippen LogP contribution is 2.46. The third-order valence-corrected chi connectivity index (χ3v) is 4.54. The fraction of sp³-hybridized carbons (Fsp3) is 1.00. The van der Waals surface area contributed by atoms with Gasteiger partial charge in [0.05, 0.1) is 0 Å². The minimum absolute atomic E-state index is 0.966. The van der Waals surface area contributed by atoms with Gasteiger partial charge in [0, 0.05) is 19.1 Å². The molecule has 3 unspecified atom stereocenters. The largest absolute Gasteiger partial charge is 0.315 e. The zero-order valence-electron chi connectivity index (χ0n) is 9.04. The van der Waals surface area contributed by atoms with Gasteiger partial charge in [-0.25, -0.2) is 0 Å². The highest BCUT2D eigenvalue weighted by Gasteiger charge is 2.41. The van der Waals surface area contributed by atoms with E-state index in [4.69, 9.17) is 0 Å². The van der Waals surface area contributed by atoms with E-state index in [0.717, 1.165) is 17.9 Å². The van der Waals surface area contributed by atoms with Gasteiger partial charge in [-0.3, -0.25) is 4.90 Å². The molecule has 80 valence electrons. The van der Waals surface area contributed by atoms with Crippen LogP contribution in [0.5, 0.6) is 0 Å². The Morgan fingerprint density at radius 3 is 2.79 bits per heavy atom. The van der Waals surface area contributed by atoms with E-state index in [1.54, 1.807) is 6.42 Å². The van der Waals surface area contributed by atoms with Gasteiger partial charge >= 0.3 is 0 Å². The Morgan fingerprint density at radius 2 is 2.00 bits per heavy atom. The Balaban J connectivity index is 1.63. The fourth-order valence-corrected chi connectivity index (χ4v) is 3.86. The average Bonchev–Trinajstić information content (AvgIpc) is 2.72. The van der Waals surface area contributed by atoms with E-state index in [9.17, 15) is 0 Å². The predicted octanol–water partition coefficient (Wildman–Crippen LogP) is 1.47. The van der Waals surface area contributed by atoms with Crippen LogP contribution in [0.15, 0.2) is 0 Å². The fourth-order valence-electron chi connectivity index (χ4n) is 3.86. The summed E-state index contributed by atoms with van der Waals surface area (Å²) >= 11 is 0. The Kier molecular flexibility index (Phi) is 2.50. The minimum Gasteiger partial charge on any atom is -0.315 e. The number of hydrogen-bond donors (Lipinski definition) is 1. The maximum absolute atomic E-state index is 3.50. The van der Waals surface area contributed by atoms with Gasteiger partial charge in [-0.1, -0.05) is 6.42 Å². The highest BCUT2D eigenvalue weighted by molar-refractivity contribution is 4.95. The van der Waals surface area contributed by atoms with Crippen molar-refractivity contribution in [2.45, 2.75) is 38.1 Å². The van der Waals surface area contributed by atoms with Gasteiger partial charge in [0.15, 0.2) is 0 Å². The molecule has 2 bridgehead atoms. The molecule has 3 atom stereocenters. The quantitative estimate of drug-likeness (QED) is 0.680. The van der Waals surface area contributed by atoms with Crippen LogP contribution < -0.4 is 5.32 Å². The number of nitrogens with one attached hydrogen (secondary N) is 1. The summed E-state index contributed by atoms with van der Waals surface area (Å²) in [4.78, 5) is 2.78. The summed E-state index contributed by atoms with van der Waals surface area (Å²) in [5, 5.41) is 3.50. The topological polar surface area (TPSA) is 15.3 Å². The summed E-state index contributed by atoms with van der Waals surface area (Å²) in [5.41, 5.74) is 0. The molecule has 3 rings (SSSR count). The Morgan fingerprint density at radius 1 is 1.00 bits per heavy atom. The van der Waals surface area contributed by atoms with Crippen LogP contribution >= 0.6 is 0 Å². The third-order valence-electron chi connectivity index (χ3n) is 4.54. The molecule has 0 aromatic carbocycles. The summed E-state index contributed by atoms with van der Waals surface area (Å²) in [7, 11) is 0.